The smallest absolute Gasteiger partial charge is 0.269 e. The molecule has 0 unspecified atom stereocenters. The Morgan fingerprint density at radius 3 is 2.53 bits per heavy atom. The van der Waals surface area contributed by atoms with Crippen LogP contribution in [0.5, 0.6) is 17.2 Å². The van der Waals surface area contributed by atoms with E-state index >= 15 is 0 Å². The zero-order chi connectivity index (χ0) is 24.3. The van der Waals surface area contributed by atoms with Gasteiger partial charge in [0.25, 0.3) is 21.9 Å². The van der Waals surface area contributed by atoms with Crippen LogP contribution in [0.15, 0.2) is 59.6 Å². The largest absolute Gasteiger partial charge is 0.495 e. The van der Waals surface area contributed by atoms with Crippen LogP contribution >= 0.6 is 0 Å². The molecule has 0 aliphatic rings. The minimum absolute atomic E-state index is 0.0316. The van der Waals surface area contributed by atoms with E-state index in [1.807, 2.05) is 0 Å². The first-order valence-corrected chi connectivity index (χ1v) is 11.5. The van der Waals surface area contributed by atoms with Gasteiger partial charge in [-0.15, -0.1) is 10.2 Å². The van der Waals surface area contributed by atoms with E-state index in [0.717, 1.165) is 5.56 Å². The van der Waals surface area contributed by atoms with Crippen LogP contribution in [0.2, 0.25) is 0 Å². The van der Waals surface area contributed by atoms with Crippen molar-refractivity contribution in [2.75, 3.05) is 18.9 Å². The first kappa shape index (κ1) is 22.9. The molecule has 0 bridgehead atoms. The lowest BCUT2D eigenvalue weighted by atomic mass is 10.2. The first-order valence-electron chi connectivity index (χ1n) is 9.97. The molecule has 2 aromatic carbocycles. The van der Waals surface area contributed by atoms with E-state index in [0.29, 0.717) is 22.5 Å². The van der Waals surface area contributed by atoms with Gasteiger partial charge in [-0.2, -0.15) is 0 Å². The predicted molar refractivity (Wildman–Crippen MR) is 124 cm³/mol. The number of aryl methyl sites for hydroxylation is 1. The molecule has 174 valence electrons. The van der Waals surface area contributed by atoms with Crippen molar-refractivity contribution in [1.82, 2.24) is 25.5 Å². The van der Waals surface area contributed by atoms with Crippen LogP contribution in [-0.4, -0.2) is 48.6 Å². The quantitative estimate of drug-likeness (QED) is 0.408. The van der Waals surface area contributed by atoms with Crippen molar-refractivity contribution in [2.24, 2.45) is 0 Å². The monoisotopic (exact) mass is 480 g/mol. The van der Waals surface area contributed by atoms with Crippen LogP contribution < -0.4 is 19.5 Å². The minimum atomic E-state index is -4.01. The Bertz CT molecular complexity index is 1490. The summed E-state index contributed by atoms with van der Waals surface area (Å²) in [5.41, 5.74) is 1.75. The van der Waals surface area contributed by atoms with Gasteiger partial charge in [-0.25, -0.2) is 18.1 Å². The van der Waals surface area contributed by atoms with E-state index in [4.69, 9.17) is 9.47 Å². The molecule has 2 aromatic heterocycles. The number of hydrogen-bond donors (Lipinski definition) is 2. The van der Waals surface area contributed by atoms with Gasteiger partial charge in [-0.1, -0.05) is 6.07 Å². The number of rotatable bonds is 7. The van der Waals surface area contributed by atoms with Crippen molar-refractivity contribution in [2.45, 2.75) is 11.8 Å². The van der Waals surface area contributed by atoms with E-state index < -0.39 is 10.0 Å². The molecule has 0 spiro atoms. The van der Waals surface area contributed by atoms with Crippen molar-refractivity contribution in [1.29, 1.82) is 0 Å². The topological polar surface area (TPSA) is 145 Å². The molecule has 0 aliphatic heterocycles. The van der Waals surface area contributed by atoms with E-state index in [1.165, 1.54) is 32.5 Å². The van der Waals surface area contributed by atoms with Gasteiger partial charge in [0.05, 0.1) is 12.6 Å². The molecule has 11 nitrogen and oxygen atoms in total. The number of carbonyl (C=O) groups is 1. The fourth-order valence-electron chi connectivity index (χ4n) is 3.05. The number of pyridine rings is 1. The van der Waals surface area contributed by atoms with Crippen molar-refractivity contribution < 1.29 is 22.7 Å². The standard InChI is InChI=1S/C22H20N6O5S/c1-13-4-7-19(32-3)20(10-13)34(30,31)28-22-25-16-6-5-14(11-17(16)26-27-22)33-15-8-9-24-18(12-15)21(29)23-2/h4-12H,1-3H3,(H,23,29)(H,25,27,28). The van der Waals surface area contributed by atoms with Gasteiger partial charge >= 0.3 is 0 Å². The highest BCUT2D eigenvalue weighted by Crippen LogP contribution is 2.27. The summed E-state index contributed by atoms with van der Waals surface area (Å²) < 4.78 is 39.0. The highest BCUT2D eigenvalue weighted by molar-refractivity contribution is 7.92. The van der Waals surface area contributed by atoms with Crippen LogP contribution in [0.3, 0.4) is 0 Å². The fourth-order valence-corrected chi connectivity index (χ4v) is 4.25. The highest BCUT2D eigenvalue weighted by Gasteiger charge is 2.21. The number of aromatic nitrogens is 4. The van der Waals surface area contributed by atoms with Crippen LogP contribution in [0, 0.1) is 6.92 Å². The van der Waals surface area contributed by atoms with E-state index in [-0.39, 0.29) is 28.2 Å². The Balaban J connectivity index is 1.57. The highest BCUT2D eigenvalue weighted by atomic mass is 32.2. The maximum absolute atomic E-state index is 12.9. The second-order valence-electron chi connectivity index (χ2n) is 7.10. The third kappa shape index (κ3) is 4.86. The van der Waals surface area contributed by atoms with Crippen LogP contribution in [-0.2, 0) is 10.0 Å². The average Bonchev–Trinajstić information content (AvgIpc) is 2.83. The number of benzene rings is 2. The number of sulfonamides is 1. The Hall–Kier alpha value is -4.32. The number of anilines is 1. The summed E-state index contributed by atoms with van der Waals surface area (Å²) in [5, 5.41) is 10.4. The number of nitrogens with zero attached hydrogens (tertiary/aromatic N) is 4. The third-order valence-corrected chi connectivity index (χ3v) is 6.04. The molecule has 1 amide bonds. The van der Waals surface area contributed by atoms with Crippen LogP contribution in [0.4, 0.5) is 5.95 Å². The Morgan fingerprint density at radius 1 is 0.971 bits per heavy atom. The number of fused-ring (bicyclic) bond motifs is 1. The maximum atomic E-state index is 12.9. The molecule has 0 saturated heterocycles. The number of ether oxygens (including phenoxy) is 2. The van der Waals surface area contributed by atoms with Gasteiger partial charge < -0.3 is 14.8 Å². The second-order valence-corrected chi connectivity index (χ2v) is 8.75. The lowest BCUT2D eigenvalue weighted by Crippen LogP contribution is -2.18. The zero-order valence-electron chi connectivity index (χ0n) is 18.4. The van der Waals surface area contributed by atoms with E-state index in [9.17, 15) is 13.2 Å². The Kier molecular flexibility index (Phi) is 6.23. The number of hydrogen-bond acceptors (Lipinski definition) is 9. The summed E-state index contributed by atoms with van der Waals surface area (Å²) >= 11 is 0. The molecule has 2 heterocycles. The van der Waals surface area contributed by atoms with E-state index in [2.05, 4.69) is 30.2 Å². The van der Waals surface area contributed by atoms with Gasteiger partial charge in [-0.3, -0.25) is 9.78 Å². The third-order valence-electron chi connectivity index (χ3n) is 4.69. The van der Waals surface area contributed by atoms with Gasteiger partial charge in [0.1, 0.15) is 33.4 Å². The minimum Gasteiger partial charge on any atom is -0.495 e. The molecule has 4 aromatic rings. The molecule has 0 atom stereocenters. The molecule has 4 rings (SSSR count). The SMILES string of the molecule is CNC(=O)c1cc(Oc2ccc3nc(NS(=O)(=O)c4cc(C)ccc4OC)nnc3c2)ccn1. The molecular weight excluding hydrogens is 460 g/mol. The van der Waals surface area contributed by atoms with Crippen molar-refractivity contribution in [3.8, 4) is 17.2 Å². The summed E-state index contributed by atoms with van der Waals surface area (Å²) in [5.74, 6) is 0.511. The zero-order valence-corrected chi connectivity index (χ0v) is 19.3. The average molecular weight is 481 g/mol. The number of nitrogens with one attached hydrogen (secondary N) is 2. The van der Waals surface area contributed by atoms with Crippen molar-refractivity contribution in [3.63, 3.8) is 0 Å². The summed E-state index contributed by atoms with van der Waals surface area (Å²) in [6.07, 6.45) is 1.46. The molecule has 2 N–H and O–H groups in total. The summed E-state index contributed by atoms with van der Waals surface area (Å²) in [4.78, 5) is 20.0. The van der Waals surface area contributed by atoms with Crippen LogP contribution in [0.25, 0.3) is 11.0 Å². The number of amides is 1. The molecule has 0 radical (unpaired) electrons. The molecule has 12 heteroatoms. The second kappa shape index (κ2) is 9.27. The Morgan fingerprint density at radius 2 is 1.76 bits per heavy atom. The van der Waals surface area contributed by atoms with Gasteiger partial charge in [0.15, 0.2) is 0 Å². The van der Waals surface area contributed by atoms with E-state index in [1.54, 1.807) is 43.3 Å². The van der Waals surface area contributed by atoms with Gasteiger partial charge in [0.2, 0.25) is 0 Å². The molecular formula is C22H20N6O5S. The predicted octanol–water partition coefficient (Wildman–Crippen LogP) is 2.69. The first-order chi connectivity index (χ1) is 16.3. The normalized spacial score (nSPS) is 11.1. The molecule has 0 saturated carbocycles. The summed E-state index contributed by atoms with van der Waals surface area (Å²) in [6, 6.07) is 12.8. The van der Waals surface area contributed by atoms with Gasteiger partial charge in [-0.05, 0) is 42.8 Å². The summed E-state index contributed by atoms with van der Waals surface area (Å²) in [6.45, 7) is 1.78. The Labute approximate surface area is 195 Å². The summed E-state index contributed by atoms with van der Waals surface area (Å²) in [7, 11) is -1.11. The maximum Gasteiger partial charge on any atom is 0.269 e. The molecule has 34 heavy (non-hydrogen) atoms. The van der Waals surface area contributed by atoms with Gasteiger partial charge in [0, 0.05) is 25.4 Å². The lowest BCUT2D eigenvalue weighted by Gasteiger charge is -2.11. The lowest BCUT2D eigenvalue weighted by molar-refractivity contribution is 0.0958. The number of carbonyl (C=O) groups excluding carboxylic acids is 1. The van der Waals surface area contributed by atoms with Crippen LogP contribution in [0.1, 0.15) is 16.1 Å². The molecule has 0 aliphatic carbocycles. The van der Waals surface area contributed by atoms with Crippen molar-refractivity contribution in [3.05, 3.63) is 66.0 Å². The van der Waals surface area contributed by atoms with Crippen molar-refractivity contribution >= 4 is 32.9 Å². The molecule has 0 fully saturated rings. The number of methoxy groups -OCH3 is 1. The fraction of sp³-hybridized carbons (Fsp3) is 0.136.